The zero-order chi connectivity index (χ0) is 11.4. The standard InChI is InChI=1S/C12H17N3O/c1-13-12(16)10-4-2-3-5-11(10)15-8-6-14-7-9-15/h2-5,14H,6-9H2,1H3,(H,13,16). The Bertz CT molecular complexity index is 372. The SMILES string of the molecule is CNC(=O)c1ccccc1N1CCNCC1. The van der Waals surface area contributed by atoms with E-state index in [1.165, 1.54) is 0 Å². The number of nitrogens with one attached hydrogen (secondary N) is 2. The predicted molar refractivity (Wildman–Crippen MR) is 64.9 cm³/mol. The van der Waals surface area contributed by atoms with Gasteiger partial charge in [0, 0.05) is 38.9 Å². The van der Waals surface area contributed by atoms with Crippen LogP contribution in [0.3, 0.4) is 0 Å². The summed E-state index contributed by atoms with van der Waals surface area (Å²) in [5, 5.41) is 5.98. The first-order valence-electron chi connectivity index (χ1n) is 5.59. The van der Waals surface area contributed by atoms with Gasteiger partial charge < -0.3 is 15.5 Å². The number of hydrogen-bond acceptors (Lipinski definition) is 3. The number of nitrogens with zero attached hydrogens (tertiary/aromatic N) is 1. The number of anilines is 1. The third-order valence-electron chi connectivity index (χ3n) is 2.83. The minimum absolute atomic E-state index is 0.0193. The Morgan fingerprint density at radius 1 is 1.31 bits per heavy atom. The summed E-state index contributed by atoms with van der Waals surface area (Å²) in [5.41, 5.74) is 1.79. The van der Waals surface area contributed by atoms with Gasteiger partial charge in [-0.2, -0.15) is 0 Å². The van der Waals surface area contributed by atoms with Crippen LogP contribution in [0, 0.1) is 0 Å². The number of piperazine rings is 1. The van der Waals surface area contributed by atoms with Gasteiger partial charge in [-0.05, 0) is 12.1 Å². The van der Waals surface area contributed by atoms with E-state index in [0.717, 1.165) is 37.4 Å². The molecule has 0 bridgehead atoms. The molecule has 0 aliphatic carbocycles. The molecule has 2 N–H and O–H groups in total. The fourth-order valence-corrected chi connectivity index (χ4v) is 1.98. The van der Waals surface area contributed by atoms with Crippen molar-refractivity contribution in [2.45, 2.75) is 0 Å². The summed E-state index contributed by atoms with van der Waals surface area (Å²) in [6.45, 7) is 3.85. The maximum absolute atomic E-state index is 11.7. The molecule has 1 aliphatic rings. The van der Waals surface area contributed by atoms with Crippen LogP contribution in [0.1, 0.15) is 10.4 Å². The van der Waals surface area contributed by atoms with Crippen LogP contribution >= 0.6 is 0 Å². The van der Waals surface area contributed by atoms with Gasteiger partial charge in [-0.3, -0.25) is 4.79 Å². The number of para-hydroxylation sites is 1. The van der Waals surface area contributed by atoms with Crippen LogP contribution in [0.2, 0.25) is 0 Å². The van der Waals surface area contributed by atoms with E-state index in [1.54, 1.807) is 7.05 Å². The van der Waals surface area contributed by atoms with Crippen molar-refractivity contribution >= 4 is 11.6 Å². The molecule has 0 unspecified atom stereocenters. The van der Waals surface area contributed by atoms with Crippen molar-refractivity contribution in [2.75, 3.05) is 38.1 Å². The third kappa shape index (κ3) is 2.17. The molecule has 4 nitrogen and oxygen atoms in total. The highest BCUT2D eigenvalue weighted by atomic mass is 16.1. The first kappa shape index (κ1) is 11.0. The summed E-state index contributed by atoms with van der Waals surface area (Å²) < 4.78 is 0. The molecule has 1 aromatic carbocycles. The van der Waals surface area contributed by atoms with Gasteiger partial charge >= 0.3 is 0 Å². The molecule has 1 aliphatic heterocycles. The van der Waals surface area contributed by atoms with Gasteiger partial charge in [0.1, 0.15) is 0 Å². The van der Waals surface area contributed by atoms with Gasteiger partial charge in [0.05, 0.1) is 5.56 Å². The van der Waals surface area contributed by atoms with E-state index in [0.29, 0.717) is 0 Å². The minimum Gasteiger partial charge on any atom is -0.368 e. The number of benzene rings is 1. The number of carbonyl (C=O) groups excluding carboxylic acids is 1. The monoisotopic (exact) mass is 219 g/mol. The van der Waals surface area contributed by atoms with E-state index >= 15 is 0 Å². The van der Waals surface area contributed by atoms with Crippen molar-refractivity contribution in [3.63, 3.8) is 0 Å². The molecule has 0 saturated carbocycles. The quantitative estimate of drug-likeness (QED) is 0.759. The van der Waals surface area contributed by atoms with Gasteiger partial charge in [-0.25, -0.2) is 0 Å². The molecule has 1 heterocycles. The molecule has 1 fully saturated rings. The van der Waals surface area contributed by atoms with E-state index in [9.17, 15) is 4.79 Å². The lowest BCUT2D eigenvalue weighted by Gasteiger charge is -2.30. The molecular formula is C12H17N3O. The van der Waals surface area contributed by atoms with Crippen LogP contribution in [0.25, 0.3) is 0 Å². The van der Waals surface area contributed by atoms with Crippen LogP contribution in [0.15, 0.2) is 24.3 Å². The summed E-state index contributed by atoms with van der Waals surface area (Å²) in [6, 6.07) is 7.76. The normalized spacial score (nSPS) is 15.9. The zero-order valence-electron chi connectivity index (χ0n) is 9.49. The lowest BCUT2D eigenvalue weighted by molar-refractivity contribution is 0.0963. The Morgan fingerprint density at radius 2 is 2.00 bits per heavy atom. The van der Waals surface area contributed by atoms with E-state index < -0.39 is 0 Å². The van der Waals surface area contributed by atoms with Crippen molar-refractivity contribution in [3.05, 3.63) is 29.8 Å². The second kappa shape index (κ2) is 4.99. The molecule has 0 atom stereocenters. The molecule has 1 saturated heterocycles. The average Bonchev–Trinajstić information content (AvgIpc) is 2.39. The fourth-order valence-electron chi connectivity index (χ4n) is 1.98. The van der Waals surface area contributed by atoms with Crippen LogP contribution in [0.5, 0.6) is 0 Å². The maximum Gasteiger partial charge on any atom is 0.253 e. The van der Waals surface area contributed by atoms with Crippen LogP contribution < -0.4 is 15.5 Å². The smallest absolute Gasteiger partial charge is 0.253 e. The molecule has 16 heavy (non-hydrogen) atoms. The van der Waals surface area contributed by atoms with E-state index in [4.69, 9.17) is 0 Å². The second-order valence-corrected chi connectivity index (χ2v) is 3.83. The van der Waals surface area contributed by atoms with Gasteiger partial charge in [0.25, 0.3) is 5.91 Å². The van der Waals surface area contributed by atoms with E-state index in [-0.39, 0.29) is 5.91 Å². The lowest BCUT2D eigenvalue weighted by atomic mass is 10.1. The molecule has 0 spiro atoms. The lowest BCUT2D eigenvalue weighted by Crippen LogP contribution is -2.44. The Balaban J connectivity index is 2.28. The number of amides is 1. The molecule has 0 radical (unpaired) electrons. The van der Waals surface area contributed by atoms with Crippen molar-refractivity contribution in [1.29, 1.82) is 0 Å². The highest BCUT2D eigenvalue weighted by molar-refractivity contribution is 5.99. The number of carbonyl (C=O) groups is 1. The molecule has 0 aromatic heterocycles. The van der Waals surface area contributed by atoms with Crippen molar-refractivity contribution in [3.8, 4) is 0 Å². The molecule has 1 aromatic rings. The zero-order valence-corrected chi connectivity index (χ0v) is 9.49. The summed E-state index contributed by atoms with van der Waals surface area (Å²) in [6.07, 6.45) is 0. The molecule has 86 valence electrons. The van der Waals surface area contributed by atoms with Crippen LogP contribution in [-0.2, 0) is 0 Å². The summed E-state index contributed by atoms with van der Waals surface area (Å²) in [4.78, 5) is 14.0. The minimum atomic E-state index is -0.0193. The average molecular weight is 219 g/mol. The van der Waals surface area contributed by atoms with E-state index in [1.807, 2.05) is 24.3 Å². The molecular weight excluding hydrogens is 202 g/mol. The van der Waals surface area contributed by atoms with Crippen molar-refractivity contribution < 1.29 is 4.79 Å². The summed E-state index contributed by atoms with van der Waals surface area (Å²) in [5.74, 6) is -0.0193. The fraction of sp³-hybridized carbons (Fsp3) is 0.417. The Kier molecular flexibility index (Phi) is 3.41. The molecule has 1 amide bonds. The first-order valence-corrected chi connectivity index (χ1v) is 5.59. The maximum atomic E-state index is 11.7. The Labute approximate surface area is 95.6 Å². The van der Waals surface area contributed by atoms with Crippen LogP contribution in [-0.4, -0.2) is 39.1 Å². The van der Waals surface area contributed by atoms with Crippen molar-refractivity contribution in [1.82, 2.24) is 10.6 Å². The number of rotatable bonds is 2. The molecule has 4 heteroatoms. The van der Waals surface area contributed by atoms with Crippen LogP contribution in [0.4, 0.5) is 5.69 Å². The first-order chi connectivity index (χ1) is 7.83. The number of hydrogen-bond donors (Lipinski definition) is 2. The Morgan fingerprint density at radius 3 is 2.69 bits per heavy atom. The third-order valence-corrected chi connectivity index (χ3v) is 2.83. The van der Waals surface area contributed by atoms with E-state index in [2.05, 4.69) is 15.5 Å². The van der Waals surface area contributed by atoms with Gasteiger partial charge in [0.2, 0.25) is 0 Å². The highest BCUT2D eigenvalue weighted by Crippen LogP contribution is 2.20. The second-order valence-electron chi connectivity index (χ2n) is 3.83. The van der Waals surface area contributed by atoms with Crippen molar-refractivity contribution in [2.24, 2.45) is 0 Å². The topological polar surface area (TPSA) is 44.4 Å². The van der Waals surface area contributed by atoms with Gasteiger partial charge in [-0.15, -0.1) is 0 Å². The summed E-state index contributed by atoms with van der Waals surface area (Å²) >= 11 is 0. The van der Waals surface area contributed by atoms with Gasteiger partial charge in [0.15, 0.2) is 0 Å². The molecule has 2 rings (SSSR count). The highest BCUT2D eigenvalue weighted by Gasteiger charge is 2.16. The predicted octanol–water partition coefficient (Wildman–Crippen LogP) is 0.456. The summed E-state index contributed by atoms with van der Waals surface area (Å²) in [7, 11) is 1.66. The largest absolute Gasteiger partial charge is 0.368 e. The van der Waals surface area contributed by atoms with Gasteiger partial charge in [-0.1, -0.05) is 12.1 Å². The Hall–Kier alpha value is -1.55.